The van der Waals surface area contributed by atoms with E-state index in [9.17, 15) is 4.78 Å². The summed E-state index contributed by atoms with van der Waals surface area (Å²) in [4.78, 5) is 15.7. The average Bonchev–Trinajstić information content (AvgIpc) is 3.89. The summed E-state index contributed by atoms with van der Waals surface area (Å²) >= 11 is 0. The molecule has 4 aromatic carbocycles. The highest BCUT2D eigenvalue weighted by atomic mass is 32.2. The first-order chi connectivity index (χ1) is 24.6. The monoisotopic (exact) mass is 701 g/mol. The van der Waals surface area contributed by atoms with E-state index in [0.717, 1.165) is 48.1 Å². The van der Waals surface area contributed by atoms with Gasteiger partial charge in [0.25, 0.3) is 0 Å². The van der Waals surface area contributed by atoms with Gasteiger partial charge < -0.3 is 14.8 Å². The van der Waals surface area contributed by atoms with Crippen LogP contribution >= 0.6 is 0 Å². The number of anilines is 1. The van der Waals surface area contributed by atoms with E-state index in [1.807, 2.05) is 91.0 Å². The summed E-state index contributed by atoms with van der Waals surface area (Å²) in [7, 11) is -2.49. The molecule has 0 saturated carbocycles. The van der Waals surface area contributed by atoms with E-state index >= 15 is 9.00 Å². The normalized spacial score (nSPS) is 18.5. The Balaban J connectivity index is 1.40. The Bertz CT molecular complexity index is 2100. The number of methoxy groups -OCH3 is 1. The van der Waals surface area contributed by atoms with Crippen LogP contribution in [0.2, 0.25) is 0 Å². The van der Waals surface area contributed by atoms with Crippen molar-refractivity contribution >= 4 is 21.6 Å². The van der Waals surface area contributed by atoms with Gasteiger partial charge in [0.05, 0.1) is 25.5 Å². The Hall–Kier alpha value is -4.93. The summed E-state index contributed by atoms with van der Waals surface area (Å²) in [6.45, 7) is 5.03. The quantitative estimate of drug-likeness (QED) is 0.161. The average molecular weight is 702 g/mol. The molecule has 2 aliphatic carbocycles. The molecule has 8 rings (SSSR count). The Labute approximate surface area is 299 Å². The number of ether oxygens (including phenoxy) is 2. The lowest BCUT2D eigenvalue weighted by molar-refractivity contribution is 0.0970. The first-order valence-corrected chi connectivity index (χ1v) is 19.1. The number of aryl methyl sites for hydroxylation is 1. The molecule has 2 amide bonds. The fourth-order valence-corrected chi connectivity index (χ4v) is 10.0. The Morgan fingerprint density at radius 1 is 0.941 bits per heavy atom. The predicted octanol–water partition coefficient (Wildman–Crippen LogP) is 7.75. The van der Waals surface area contributed by atoms with Gasteiger partial charge in [-0.05, 0) is 64.6 Å². The van der Waals surface area contributed by atoms with Gasteiger partial charge in [0.2, 0.25) is 5.88 Å². The van der Waals surface area contributed by atoms with Gasteiger partial charge >= 0.3 is 6.03 Å². The van der Waals surface area contributed by atoms with E-state index in [0.29, 0.717) is 36.3 Å². The minimum atomic E-state index is -4.21. The van der Waals surface area contributed by atoms with E-state index in [-0.39, 0.29) is 22.3 Å². The maximum Gasteiger partial charge on any atom is 0.336 e. The van der Waals surface area contributed by atoms with Gasteiger partial charge in [0.1, 0.15) is 10.4 Å². The SMILES string of the molecule is CO[C@@H]1Cc2cc3c(c(NC(=O)N(C(c4ccccc4)(c4ccccc4)c4ccccc4)[S@](=N)(=O)c4cnn5c4OCC(C)(C)C5)c2C1)CCC3. The topological polar surface area (TPSA) is 110 Å². The van der Waals surface area contributed by atoms with Gasteiger partial charge in [0.15, 0.2) is 9.92 Å². The van der Waals surface area contributed by atoms with Gasteiger partial charge in [-0.3, -0.25) is 0 Å². The van der Waals surface area contributed by atoms with Crippen molar-refractivity contribution in [2.75, 3.05) is 19.0 Å². The molecule has 0 fully saturated rings. The van der Waals surface area contributed by atoms with E-state index in [1.165, 1.54) is 16.1 Å². The number of benzene rings is 4. The number of carbonyl (C=O) groups excluding carboxylic acids is 1. The number of amides is 2. The van der Waals surface area contributed by atoms with Gasteiger partial charge in [-0.15, -0.1) is 0 Å². The Morgan fingerprint density at radius 3 is 2.14 bits per heavy atom. The molecule has 2 atom stereocenters. The number of urea groups is 1. The van der Waals surface area contributed by atoms with Crippen LogP contribution in [0.4, 0.5) is 10.5 Å². The molecule has 3 aliphatic rings. The van der Waals surface area contributed by atoms with Crippen molar-refractivity contribution in [3.63, 3.8) is 0 Å². The molecule has 9 nitrogen and oxygen atoms in total. The molecule has 1 aliphatic heterocycles. The molecule has 5 aromatic rings. The lowest BCUT2D eigenvalue weighted by Crippen LogP contribution is -2.55. The maximum absolute atomic E-state index is 15.9. The van der Waals surface area contributed by atoms with Crippen LogP contribution in [-0.2, 0) is 52.4 Å². The lowest BCUT2D eigenvalue weighted by atomic mass is 9.77. The highest BCUT2D eigenvalue weighted by Crippen LogP contribution is 2.48. The molecule has 0 saturated heterocycles. The molecule has 0 radical (unpaired) electrons. The van der Waals surface area contributed by atoms with Gasteiger partial charge in [-0.25, -0.2) is 22.8 Å². The second-order valence-corrected chi connectivity index (χ2v) is 16.5. The summed E-state index contributed by atoms with van der Waals surface area (Å²) in [5.74, 6) is 0.250. The van der Waals surface area contributed by atoms with Crippen molar-refractivity contribution in [3.8, 4) is 5.88 Å². The number of rotatable bonds is 8. The molecule has 262 valence electrons. The first kappa shape index (κ1) is 33.2. The highest BCUT2D eigenvalue weighted by Gasteiger charge is 2.52. The molecule has 0 unspecified atom stereocenters. The van der Waals surface area contributed by atoms with Gasteiger partial charge in [-0.1, -0.05) is 111 Å². The molecular weight excluding hydrogens is 659 g/mol. The van der Waals surface area contributed by atoms with Crippen molar-refractivity contribution in [3.05, 3.63) is 142 Å². The summed E-state index contributed by atoms with van der Waals surface area (Å²) in [6.07, 6.45) is 5.62. The fraction of sp³-hybridized carbons (Fsp3) is 0.317. The predicted molar refractivity (Wildman–Crippen MR) is 197 cm³/mol. The number of nitrogens with zero attached hydrogens (tertiary/aromatic N) is 3. The zero-order valence-corrected chi connectivity index (χ0v) is 30.0. The number of hydrogen-bond donors (Lipinski definition) is 2. The minimum absolute atomic E-state index is 0.00654. The smallest absolute Gasteiger partial charge is 0.336 e. The molecule has 10 heteroatoms. The summed E-state index contributed by atoms with van der Waals surface area (Å²) in [5.41, 5.74) is 5.61. The zero-order chi connectivity index (χ0) is 35.4. The number of nitrogens with one attached hydrogen (secondary N) is 2. The van der Waals surface area contributed by atoms with E-state index in [1.54, 1.807) is 11.8 Å². The number of hydrogen-bond acceptors (Lipinski definition) is 6. The van der Waals surface area contributed by atoms with Crippen LogP contribution < -0.4 is 10.1 Å². The molecular formula is C41H43N5O4S. The molecule has 0 spiro atoms. The summed E-state index contributed by atoms with van der Waals surface area (Å²) < 4.78 is 41.0. The molecule has 1 aromatic heterocycles. The molecule has 2 heterocycles. The van der Waals surface area contributed by atoms with Crippen molar-refractivity contribution in [1.82, 2.24) is 14.1 Å². The highest BCUT2D eigenvalue weighted by molar-refractivity contribution is 7.90. The number of carbonyl (C=O) groups is 1. The first-order valence-electron chi connectivity index (χ1n) is 17.6. The third kappa shape index (κ3) is 5.52. The second kappa shape index (κ2) is 12.7. The largest absolute Gasteiger partial charge is 0.476 e. The summed E-state index contributed by atoms with van der Waals surface area (Å²) in [6, 6.07) is 30.4. The van der Waals surface area contributed by atoms with Crippen LogP contribution in [0.25, 0.3) is 0 Å². The molecule has 51 heavy (non-hydrogen) atoms. The van der Waals surface area contributed by atoms with Crippen molar-refractivity contribution < 1.29 is 18.5 Å². The third-order valence-electron chi connectivity index (χ3n) is 10.6. The van der Waals surface area contributed by atoms with E-state index < -0.39 is 21.5 Å². The Kier molecular flexibility index (Phi) is 8.26. The van der Waals surface area contributed by atoms with Gasteiger partial charge in [-0.2, -0.15) is 5.10 Å². The van der Waals surface area contributed by atoms with Gasteiger partial charge in [0, 0.05) is 24.6 Å². The standard InChI is InChI=1S/C41H43N5O4S/c1-40(2)26-45-38(50-27-40)36(25-43-45)51(42,48)46(39(47)44-37-34-21-13-14-28(34)22-29-23-33(49-3)24-35(29)37)41(30-15-7-4-8-16-30,31-17-9-5-10-18-31)32-19-11-6-12-20-32/h4-12,15-20,22,25,33,42H,13-14,21,23-24,26-27H2,1-3H3,(H,44,47)/t33-,51+/m1/s1. The lowest BCUT2D eigenvalue weighted by Gasteiger charge is -2.45. The maximum atomic E-state index is 15.9. The fourth-order valence-electron chi connectivity index (χ4n) is 8.26. The van der Waals surface area contributed by atoms with Crippen molar-refractivity contribution in [2.24, 2.45) is 5.41 Å². The number of fused-ring (bicyclic) bond motifs is 3. The van der Waals surface area contributed by atoms with Crippen molar-refractivity contribution in [1.29, 1.82) is 4.78 Å². The van der Waals surface area contributed by atoms with Crippen LogP contribution in [0.15, 0.2) is 108 Å². The van der Waals surface area contributed by atoms with Crippen LogP contribution in [0.3, 0.4) is 0 Å². The van der Waals surface area contributed by atoms with E-state index in [2.05, 4.69) is 30.3 Å². The molecule has 2 N–H and O–H groups in total. The van der Waals surface area contributed by atoms with Crippen LogP contribution in [-0.4, -0.2) is 44.1 Å². The van der Waals surface area contributed by atoms with E-state index in [4.69, 9.17) is 9.47 Å². The second-order valence-electron chi connectivity index (χ2n) is 14.6. The van der Waals surface area contributed by atoms with Crippen molar-refractivity contribution in [2.45, 2.75) is 69.0 Å². The third-order valence-corrected chi connectivity index (χ3v) is 12.4. The van der Waals surface area contributed by atoms with Crippen LogP contribution in [0, 0.1) is 10.2 Å². The van der Waals surface area contributed by atoms with Crippen LogP contribution in [0.5, 0.6) is 5.88 Å². The molecule has 0 bridgehead atoms. The number of aromatic nitrogens is 2. The summed E-state index contributed by atoms with van der Waals surface area (Å²) in [5, 5.41) is 7.90. The minimum Gasteiger partial charge on any atom is -0.476 e. The van der Waals surface area contributed by atoms with Crippen LogP contribution in [0.1, 0.15) is 59.2 Å². The zero-order valence-electron chi connectivity index (χ0n) is 29.2. The Morgan fingerprint density at radius 2 is 1.55 bits per heavy atom.